The second-order valence-electron chi connectivity index (χ2n) is 9.25. The molecule has 0 aliphatic carbocycles. The van der Waals surface area contributed by atoms with Gasteiger partial charge in [-0.1, -0.05) is 41.1 Å². The predicted octanol–water partition coefficient (Wildman–Crippen LogP) is 3.07. The summed E-state index contributed by atoms with van der Waals surface area (Å²) in [7, 11) is -3.85. The highest BCUT2D eigenvalue weighted by Gasteiger charge is 2.36. The molecular formula is C25H34N4O4S. The molecule has 8 nitrogen and oxygen atoms in total. The van der Waals surface area contributed by atoms with E-state index >= 15 is 0 Å². The van der Waals surface area contributed by atoms with E-state index in [1.807, 2.05) is 37.3 Å². The second-order valence-corrected chi connectivity index (χ2v) is 11.1. The van der Waals surface area contributed by atoms with Crippen LogP contribution in [0.15, 0.2) is 33.7 Å². The summed E-state index contributed by atoms with van der Waals surface area (Å²) in [4.78, 5) is 15.2. The second kappa shape index (κ2) is 10.8. The molecule has 34 heavy (non-hydrogen) atoms. The van der Waals surface area contributed by atoms with Gasteiger partial charge in [0.15, 0.2) is 10.7 Å². The van der Waals surface area contributed by atoms with E-state index in [-0.39, 0.29) is 29.0 Å². The fourth-order valence-corrected chi connectivity index (χ4v) is 6.41. The van der Waals surface area contributed by atoms with Crippen LogP contribution in [-0.2, 0) is 14.8 Å². The molecule has 2 saturated heterocycles. The Kier molecular flexibility index (Phi) is 7.85. The van der Waals surface area contributed by atoms with Crippen LogP contribution in [0.3, 0.4) is 0 Å². The van der Waals surface area contributed by atoms with Crippen LogP contribution in [0.25, 0.3) is 12.2 Å². The number of likely N-dealkylation sites (tertiary alicyclic amines) is 1. The Balaban J connectivity index is 1.43. The summed E-state index contributed by atoms with van der Waals surface area (Å²) >= 11 is 0. The average molecular weight is 487 g/mol. The van der Waals surface area contributed by atoms with Crippen molar-refractivity contribution in [3.8, 4) is 0 Å². The van der Waals surface area contributed by atoms with Gasteiger partial charge in [-0.15, -0.1) is 0 Å². The minimum atomic E-state index is -3.85. The van der Waals surface area contributed by atoms with Crippen molar-refractivity contribution < 1.29 is 17.7 Å². The zero-order valence-electron chi connectivity index (χ0n) is 20.0. The van der Waals surface area contributed by atoms with Crippen LogP contribution in [0.1, 0.15) is 48.3 Å². The number of sulfonamides is 1. The molecule has 1 aromatic heterocycles. The number of aromatic nitrogens is 1. The zero-order valence-corrected chi connectivity index (χ0v) is 20.8. The molecule has 0 spiro atoms. The zero-order chi connectivity index (χ0) is 24.1. The maximum absolute atomic E-state index is 13.6. The summed E-state index contributed by atoms with van der Waals surface area (Å²) in [6.45, 7) is 7.81. The number of carbonyl (C=O) groups excluding carboxylic acids is 1. The molecule has 184 valence electrons. The number of hydrogen-bond donors (Lipinski definition) is 1. The predicted molar refractivity (Wildman–Crippen MR) is 132 cm³/mol. The normalized spacial score (nSPS) is 20.2. The quantitative estimate of drug-likeness (QED) is 0.616. The summed E-state index contributed by atoms with van der Waals surface area (Å²) in [6.07, 6.45) is 7.21. The van der Waals surface area contributed by atoms with E-state index < -0.39 is 10.0 Å². The summed E-state index contributed by atoms with van der Waals surface area (Å²) in [5.41, 5.74) is 2.41. The smallest absolute Gasteiger partial charge is 0.248 e. The molecule has 2 aliphatic rings. The maximum Gasteiger partial charge on any atom is 0.248 e. The van der Waals surface area contributed by atoms with Crippen molar-refractivity contribution in [3.63, 3.8) is 0 Å². The molecule has 3 heterocycles. The molecule has 0 unspecified atom stereocenters. The Morgan fingerprint density at radius 2 is 1.85 bits per heavy atom. The van der Waals surface area contributed by atoms with Crippen molar-refractivity contribution in [2.45, 2.75) is 44.4 Å². The number of aryl methyl sites for hydroxylation is 2. The molecule has 0 radical (unpaired) electrons. The lowest BCUT2D eigenvalue weighted by atomic mass is 9.99. The number of hydrogen-bond acceptors (Lipinski definition) is 6. The molecule has 2 fully saturated rings. The fraction of sp³-hybridized carbons (Fsp3) is 0.520. The van der Waals surface area contributed by atoms with Crippen molar-refractivity contribution in [2.75, 3.05) is 39.3 Å². The van der Waals surface area contributed by atoms with E-state index in [1.165, 1.54) is 17.1 Å². The maximum atomic E-state index is 13.6. The Labute approximate surface area is 202 Å². The van der Waals surface area contributed by atoms with Crippen molar-refractivity contribution >= 4 is 28.1 Å². The van der Waals surface area contributed by atoms with E-state index in [0.29, 0.717) is 31.6 Å². The average Bonchev–Trinajstić information content (AvgIpc) is 3.48. The van der Waals surface area contributed by atoms with Gasteiger partial charge in [0, 0.05) is 26.2 Å². The van der Waals surface area contributed by atoms with Crippen molar-refractivity contribution in [1.82, 2.24) is 19.7 Å². The van der Waals surface area contributed by atoms with Crippen molar-refractivity contribution in [2.24, 2.45) is 5.92 Å². The van der Waals surface area contributed by atoms with Gasteiger partial charge in [0.1, 0.15) is 5.69 Å². The minimum Gasteiger partial charge on any atom is -0.355 e. The topological polar surface area (TPSA) is 95.8 Å². The first-order valence-corrected chi connectivity index (χ1v) is 13.5. The number of benzene rings is 1. The SMILES string of the molecule is Cc1ccc(/C=C/c2onc(C)c2S(=O)(=O)N2CCC[C@H](C(=O)NCCN3CCCC3)C2)cc1. The van der Waals surface area contributed by atoms with Gasteiger partial charge in [-0.2, -0.15) is 4.31 Å². The van der Waals surface area contributed by atoms with Crippen LogP contribution in [0, 0.1) is 19.8 Å². The van der Waals surface area contributed by atoms with Crippen LogP contribution in [0.2, 0.25) is 0 Å². The van der Waals surface area contributed by atoms with Crippen molar-refractivity contribution in [1.29, 1.82) is 0 Å². The summed E-state index contributed by atoms with van der Waals surface area (Å²) in [5, 5.41) is 6.93. The van der Waals surface area contributed by atoms with Gasteiger partial charge >= 0.3 is 0 Å². The Hall–Kier alpha value is -2.49. The molecule has 0 saturated carbocycles. The molecule has 1 amide bonds. The molecule has 0 bridgehead atoms. The van der Waals surface area contributed by atoms with Crippen LogP contribution >= 0.6 is 0 Å². The number of nitrogens with zero attached hydrogens (tertiary/aromatic N) is 3. The highest BCUT2D eigenvalue weighted by molar-refractivity contribution is 7.89. The Bertz CT molecular complexity index is 1120. The van der Waals surface area contributed by atoms with Gasteiger partial charge in [-0.25, -0.2) is 8.42 Å². The van der Waals surface area contributed by atoms with Gasteiger partial charge in [-0.3, -0.25) is 4.79 Å². The lowest BCUT2D eigenvalue weighted by Gasteiger charge is -2.31. The van der Waals surface area contributed by atoms with E-state index in [1.54, 1.807) is 13.0 Å². The highest BCUT2D eigenvalue weighted by Crippen LogP contribution is 2.29. The van der Waals surface area contributed by atoms with E-state index in [4.69, 9.17) is 4.52 Å². The van der Waals surface area contributed by atoms with Gasteiger partial charge in [0.2, 0.25) is 15.9 Å². The summed E-state index contributed by atoms with van der Waals surface area (Å²) in [6, 6.07) is 7.90. The first-order chi connectivity index (χ1) is 16.3. The summed E-state index contributed by atoms with van der Waals surface area (Å²) < 4.78 is 33.9. The molecule has 2 aromatic rings. The van der Waals surface area contributed by atoms with Crippen LogP contribution in [0.4, 0.5) is 0 Å². The van der Waals surface area contributed by atoms with Gasteiger partial charge in [0.05, 0.1) is 5.92 Å². The number of piperidine rings is 1. The first-order valence-electron chi connectivity index (χ1n) is 12.1. The first kappa shape index (κ1) is 24.6. The lowest BCUT2D eigenvalue weighted by molar-refractivity contribution is -0.126. The molecular weight excluding hydrogens is 452 g/mol. The van der Waals surface area contributed by atoms with Gasteiger partial charge < -0.3 is 14.7 Å². The molecule has 1 atom stereocenters. The number of amides is 1. The molecule has 2 aliphatic heterocycles. The van der Waals surface area contributed by atoms with Crippen LogP contribution in [0.5, 0.6) is 0 Å². The molecule has 1 aromatic carbocycles. The Morgan fingerprint density at radius 1 is 1.12 bits per heavy atom. The minimum absolute atomic E-state index is 0.0689. The highest BCUT2D eigenvalue weighted by atomic mass is 32.2. The van der Waals surface area contributed by atoms with Gasteiger partial charge in [-0.05, 0) is 64.3 Å². The summed E-state index contributed by atoms with van der Waals surface area (Å²) in [5.74, 6) is -0.218. The van der Waals surface area contributed by atoms with E-state index in [9.17, 15) is 13.2 Å². The standard InChI is InChI=1S/C25H34N4O4S/c1-19-7-9-21(10-8-19)11-12-23-24(20(2)27-33-23)34(31,32)29-16-5-6-22(18-29)25(30)26-13-17-28-14-3-4-15-28/h7-12,22H,3-6,13-18H2,1-2H3,(H,26,30)/b12-11+/t22-/m0/s1. The van der Waals surface area contributed by atoms with E-state index in [0.717, 1.165) is 30.8 Å². The van der Waals surface area contributed by atoms with Gasteiger partial charge in [0.25, 0.3) is 0 Å². The monoisotopic (exact) mass is 486 g/mol. The van der Waals surface area contributed by atoms with Crippen molar-refractivity contribution in [3.05, 3.63) is 46.8 Å². The third kappa shape index (κ3) is 5.76. The molecule has 9 heteroatoms. The number of nitrogens with one attached hydrogen (secondary N) is 1. The fourth-order valence-electron chi connectivity index (χ4n) is 4.64. The molecule has 4 rings (SSSR count). The van der Waals surface area contributed by atoms with E-state index in [2.05, 4.69) is 15.4 Å². The largest absolute Gasteiger partial charge is 0.355 e. The Morgan fingerprint density at radius 3 is 2.59 bits per heavy atom. The van der Waals surface area contributed by atoms with Crippen LogP contribution in [-0.4, -0.2) is 68.0 Å². The third-order valence-corrected chi connectivity index (χ3v) is 8.64. The number of carbonyl (C=O) groups is 1. The van der Waals surface area contributed by atoms with Crippen LogP contribution < -0.4 is 5.32 Å². The molecule has 1 N–H and O–H groups in total. The third-order valence-electron chi connectivity index (χ3n) is 6.62. The number of rotatable bonds is 8. The lowest BCUT2D eigenvalue weighted by Crippen LogP contribution is -2.46.